The van der Waals surface area contributed by atoms with Crippen molar-refractivity contribution in [1.29, 1.82) is 0 Å². The average Bonchev–Trinajstić information content (AvgIpc) is 3.45. The monoisotopic (exact) mass is 1250 g/mol. The molecule has 0 aliphatic rings. The molecule has 0 aliphatic heterocycles. The Morgan fingerprint density at radius 1 is 0.318 bits per heavy atom. The molecule has 19 heteroatoms. The van der Waals surface area contributed by atoms with E-state index in [4.69, 9.17) is 37.0 Å². The maximum absolute atomic E-state index is 13.0. The topological polar surface area (TPSA) is 237 Å². The molecule has 85 heavy (non-hydrogen) atoms. The Morgan fingerprint density at radius 3 is 0.800 bits per heavy atom. The van der Waals surface area contributed by atoms with Gasteiger partial charge in [-0.25, -0.2) is 9.13 Å². The summed E-state index contributed by atoms with van der Waals surface area (Å²) >= 11 is 0. The third-order valence-corrected chi connectivity index (χ3v) is 17.0. The normalized spacial score (nSPS) is 14.3. The van der Waals surface area contributed by atoms with Gasteiger partial charge in [-0.05, 0) is 43.4 Å². The number of aliphatic hydroxyl groups excluding tert-OH is 1. The van der Waals surface area contributed by atoms with Crippen LogP contribution in [0.15, 0.2) is 0 Å². The van der Waals surface area contributed by atoms with Crippen LogP contribution in [0.3, 0.4) is 0 Å². The van der Waals surface area contributed by atoms with E-state index in [-0.39, 0.29) is 25.7 Å². The van der Waals surface area contributed by atoms with Crippen molar-refractivity contribution in [2.45, 2.75) is 343 Å². The van der Waals surface area contributed by atoms with E-state index in [0.717, 1.165) is 108 Å². The quantitative estimate of drug-likeness (QED) is 0.0222. The highest BCUT2D eigenvalue weighted by Gasteiger charge is 2.30. The van der Waals surface area contributed by atoms with Gasteiger partial charge >= 0.3 is 39.5 Å². The minimum Gasteiger partial charge on any atom is -0.462 e. The van der Waals surface area contributed by atoms with E-state index in [1.165, 1.54) is 128 Å². The number of phosphoric acid groups is 2. The molecule has 3 N–H and O–H groups in total. The molecule has 0 spiro atoms. The summed E-state index contributed by atoms with van der Waals surface area (Å²) in [5, 5.41) is 10.6. The molecule has 0 radical (unpaired) electrons. The van der Waals surface area contributed by atoms with E-state index in [0.29, 0.717) is 31.6 Å². The SMILES string of the molecule is CCCCCCCCCCCCCCC(=O)OC[C@H](COP(=O)(O)OC[C@@H](O)COP(=O)(O)OC[C@@H](COC(=O)CCCCCCCCCC(C)C)OC(=O)CCCCCCCCCCC(C)C)OC(=O)CCCCCCCCCCCC(C)C. The zero-order valence-electron chi connectivity index (χ0n) is 55.1. The molecule has 0 heterocycles. The molecule has 0 aromatic rings. The molecule has 504 valence electrons. The predicted molar refractivity (Wildman–Crippen MR) is 340 cm³/mol. The summed E-state index contributed by atoms with van der Waals surface area (Å²) in [7, 11) is -9.89. The summed E-state index contributed by atoms with van der Waals surface area (Å²) in [6.07, 6.45) is 39.0. The lowest BCUT2D eigenvalue weighted by atomic mass is 10.0. The Bertz CT molecular complexity index is 1680. The molecule has 0 aromatic carbocycles. The number of aliphatic hydroxyl groups is 1. The molecule has 0 fully saturated rings. The highest BCUT2D eigenvalue weighted by atomic mass is 31.2. The molecule has 0 saturated heterocycles. The molecular formula is C66H128O17P2. The van der Waals surface area contributed by atoms with Crippen molar-refractivity contribution in [3.8, 4) is 0 Å². The van der Waals surface area contributed by atoms with E-state index < -0.39 is 97.5 Å². The predicted octanol–water partition coefficient (Wildman–Crippen LogP) is 18.3. The summed E-state index contributed by atoms with van der Waals surface area (Å²) in [6.45, 7) is 11.7. The first-order valence-electron chi connectivity index (χ1n) is 34.3. The first-order chi connectivity index (χ1) is 40.7. The number of ether oxygens (including phenoxy) is 4. The van der Waals surface area contributed by atoms with Crippen molar-refractivity contribution in [2.75, 3.05) is 39.6 Å². The van der Waals surface area contributed by atoms with E-state index in [1.807, 2.05) is 0 Å². The minimum absolute atomic E-state index is 0.103. The van der Waals surface area contributed by atoms with Crippen molar-refractivity contribution in [1.82, 2.24) is 0 Å². The van der Waals surface area contributed by atoms with Gasteiger partial charge in [-0.3, -0.25) is 37.3 Å². The molecule has 0 bridgehead atoms. The molecule has 5 atom stereocenters. The zero-order valence-corrected chi connectivity index (χ0v) is 56.9. The molecule has 0 aliphatic carbocycles. The summed E-state index contributed by atoms with van der Waals surface area (Å²) in [5.74, 6) is 0.0255. The van der Waals surface area contributed by atoms with E-state index in [2.05, 4.69) is 48.5 Å². The van der Waals surface area contributed by atoms with Gasteiger partial charge < -0.3 is 33.8 Å². The van der Waals surface area contributed by atoms with Crippen molar-refractivity contribution >= 4 is 39.5 Å². The fourth-order valence-corrected chi connectivity index (χ4v) is 11.4. The van der Waals surface area contributed by atoms with Crippen LogP contribution < -0.4 is 0 Å². The van der Waals surface area contributed by atoms with Crippen molar-refractivity contribution < 1.29 is 80.2 Å². The zero-order chi connectivity index (χ0) is 63.1. The van der Waals surface area contributed by atoms with Crippen LogP contribution in [-0.2, 0) is 65.4 Å². The number of rotatable bonds is 64. The Kier molecular flexibility index (Phi) is 55.9. The fraction of sp³-hybridized carbons (Fsp3) is 0.939. The summed E-state index contributed by atoms with van der Waals surface area (Å²) in [5.41, 5.74) is 0. The molecule has 2 unspecified atom stereocenters. The van der Waals surface area contributed by atoms with Crippen molar-refractivity contribution in [3.05, 3.63) is 0 Å². The fourth-order valence-electron chi connectivity index (χ4n) is 9.83. The van der Waals surface area contributed by atoms with Gasteiger partial charge in [0.05, 0.1) is 26.4 Å². The first kappa shape index (κ1) is 83.1. The van der Waals surface area contributed by atoms with Crippen LogP contribution in [0.1, 0.15) is 325 Å². The summed E-state index contributed by atoms with van der Waals surface area (Å²) in [4.78, 5) is 72.3. The second-order valence-electron chi connectivity index (χ2n) is 25.3. The second kappa shape index (κ2) is 57.2. The Balaban J connectivity index is 5.25. The maximum Gasteiger partial charge on any atom is 0.472 e. The van der Waals surface area contributed by atoms with Gasteiger partial charge in [0.25, 0.3) is 0 Å². The number of carbonyl (C=O) groups is 4. The van der Waals surface area contributed by atoms with Gasteiger partial charge in [0.15, 0.2) is 12.2 Å². The lowest BCUT2D eigenvalue weighted by Crippen LogP contribution is -2.30. The smallest absolute Gasteiger partial charge is 0.462 e. The van der Waals surface area contributed by atoms with Crippen molar-refractivity contribution in [3.63, 3.8) is 0 Å². The standard InChI is InChI=1S/C66H128O17P2/c1-8-9-10-11-12-13-14-15-18-26-33-40-47-63(68)76-53-61(82-65(70)49-42-35-27-19-16-17-23-30-37-44-57(2)3)55-80-84(72,73)78-51-60(67)52-79-85(74,75)81-56-62(54-77-64(69)48-41-34-29-22-25-32-39-46-59(6)7)83-66(71)50-43-36-28-21-20-24-31-38-45-58(4)5/h57-62,67H,8-56H2,1-7H3,(H,72,73)(H,74,75)/t60-,61-,62-/m1/s1. The van der Waals surface area contributed by atoms with Crippen LogP contribution in [0, 0.1) is 17.8 Å². The van der Waals surface area contributed by atoms with Crippen LogP contribution >= 0.6 is 15.6 Å². The molecule has 0 aromatic heterocycles. The molecule has 0 rings (SSSR count). The van der Waals surface area contributed by atoms with Crippen LogP contribution in [0.4, 0.5) is 0 Å². The summed E-state index contributed by atoms with van der Waals surface area (Å²) in [6, 6.07) is 0. The Labute approximate surface area is 517 Å². The lowest BCUT2D eigenvalue weighted by molar-refractivity contribution is -0.161. The van der Waals surface area contributed by atoms with E-state index >= 15 is 0 Å². The van der Waals surface area contributed by atoms with Crippen LogP contribution in [0.25, 0.3) is 0 Å². The largest absolute Gasteiger partial charge is 0.472 e. The summed E-state index contributed by atoms with van der Waals surface area (Å²) < 4.78 is 68.1. The Hall–Kier alpha value is -1.94. The third kappa shape index (κ3) is 60.7. The average molecular weight is 1260 g/mol. The van der Waals surface area contributed by atoms with Gasteiger partial charge in [0.2, 0.25) is 0 Å². The number of esters is 4. The molecule has 0 amide bonds. The van der Waals surface area contributed by atoms with Gasteiger partial charge in [-0.15, -0.1) is 0 Å². The number of phosphoric ester groups is 2. The second-order valence-corrected chi connectivity index (χ2v) is 28.2. The van der Waals surface area contributed by atoms with Gasteiger partial charge in [-0.2, -0.15) is 0 Å². The third-order valence-electron chi connectivity index (χ3n) is 15.1. The Morgan fingerprint density at radius 2 is 0.541 bits per heavy atom. The number of hydrogen-bond acceptors (Lipinski definition) is 15. The highest BCUT2D eigenvalue weighted by molar-refractivity contribution is 7.47. The lowest BCUT2D eigenvalue weighted by Gasteiger charge is -2.21. The van der Waals surface area contributed by atoms with Gasteiger partial charge in [-0.1, -0.05) is 273 Å². The van der Waals surface area contributed by atoms with Crippen LogP contribution in [0.5, 0.6) is 0 Å². The molecular weight excluding hydrogens is 1130 g/mol. The number of carbonyl (C=O) groups excluding carboxylic acids is 4. The van der Waals surface area contributed by atoms with Gasteiger partial charge in [0.1, 0.15) is 19.3 Å². The molecule has 0 saturated carbocycles. The first-order valence-corrected chi connectivity index (χ1v) is 37.3. The van der Waals surface area contributed by atoms with Crippen molar-refractivity contribution in [2.24, 2.45) is 17.8 Å². The number of unbranched alkanes of at least 4 members (excludes halogenated alkanes) is 32. The van der Waals surface area contributed by atoms with Crippen LogP contribution in [0.2, 0.25) is 0 Å². The minimum atomic E-state index is -4.95. The number of hydrogen-bond donors (Lipinski definition) is 3. The van der Waals surface area contributed by atoms with Gasteiger partial charge in [0, 0.05) is 25.7 Å². The highest BCUT2D eigenvalue weighted by Crippen LogP contribution is 2.45. The van der Waals surface area contributed by atoms with E-state index in [9.17, 15) is 43.2 Å². The van der Waals surface area contributed by atoms with Crippen LogP contribution in [-0.4, -0.2) is 96.7 Å². The van der Waals surface area contributed by atoms with E-state index in [1.54, 1.807) is 0 Å². The molecule has 17 nitrogen and oxygen atoms in total. The maximum atomic E-state index is 13.0.